The molecule has 2 nitrogen and oxygen atoms in total. The van der Waals surface area contributed by atoms with Crippen LogP contribution in [0.4, 0.5) is 0 Å². The molecule has 4 N–H and O–H groups in total. The normalized spacial score (nSPS) is 12.0. The second-order valence-electron chi connectivity index (χ2n) is 4.95. The third-order valence-corrected chi connectivity index (χ3v) is 3.20. The van der Waals surface area contributed by atoms with Crippen LogP contribution in [0, 0.1) is 0 Å². The van der Waals surface area contributed by atoms with Crippen molar-refractivity contribution in [2.45, 2.75) is 77.6 Å². The predicted octanol–water partition coefficient (Wildman–Crippen LogP) is 4.10. The molecule has 0 fully saturated rings. The largest absolute Gasteiger partial charge is 0.402 e. The minimum atomic E-state index is 0.573. The van der Waals surface area contributed by atoms with Gasteiger partial charge in [0.2, 0.25) is 0 Å². The van der Waals surface area contributed by atoms with Gasteiger partial charge in [-0.25, -0.2) is 0 Å². The number of allylic oxidation sites excluding steroid dienone is 1. The Kier molecular flexibility index (Phi) is 13.2. The standard InChI is InChI=1S/C15H32N2/c1-2-3-4-5-6-7-8-9-10-11-12-15(17)13-14-16/h13H,2-12,14,16-17H2,1H3. The van der Waals surface area contributed by atoms with Gasteiger partial charge in [-0.1, -0.05) is 70.8 Å². The fourth-order valence-corrected chi connectivity index (χ4v) is 2.07. The molecule has 17 heavy (non-hydrogen) atoms. The van der Waals surface area contributed by atoms with E-state index in [-0.39, 0.29) is 0 Å². The Bertz CT molecular complexity index is 176. The van der Waals surface area contributed by atoms with Gasteiger partial charge in [0, 0.05) is 12.2 Å². The average Bonchev–Trinajstić information content (AvgIpc) is 2.32. The van der Waals surface area contributed by atoms with Crippen molar-refractivity contribution in [1.82, 2.24) is 0 Å². The third-order valence-electron chi connectivity index (χ3n) is 3.20. The van der Waals surface area contributed by atoms with E-state index in [1.807, 2.05) is 6.08 Å². The highest BCUT2D eigenvalue weighted by atomic mass is 14.6. The van der Waals surface area contributed by atoms with E-state index in [0.717, 1.165) is 12.1 Å². The zero-order valence-electron chi connectivity index (χ0n) is 11.7. The van der Waals surface area contributed by atoms with Crippen molar-refractivity contribution in [2.24, 2.45) is 11.5 Å². The van der Waals surface area contributed by atoms with Crippen LogP contribution in [-0.2, 0) is 0 Å². The van der Waals surface area contributed by atoms with Gasteiger partial charge in [-0.15, -0.1) is 0 Å². The van der Waals surface area contributed by atoms with Crippen molar-refractivity contribution in [3.63, 3.8) is 0 Å². The summed E-state index contributed by atoms with van der Waals surface area (Å²) in [4.78, 5) is 0. The summed E-state index contributed by atoms with van der Waals surface area (Å²) in [6.07, 6.45) is 16.7. The first kappa shape index (κ1) is 16.5. The van der Waals surface area contributed by atoms with E-state index in [9.17, 15) is 0 Å². The van der Waals surface area contributed by atoms with Gasteiger partial charge in [-0.2, -0.15) is 0 Å². The molecule has 0 unspecified atom stereocenters. The molecule has 102 valence electrons. The smallest absolute Gasteiger partial charge is 0.0126 e. The van der Waals surface area contributed by atoms with Crippen LogP contribution in [0.1, 0.15) is 77.6 Å². The lowest BCUT2D eigenvalue weighted by molar-refractivity contribution is 0.555. The van der Waals surface area contributed by atoms with Crippen LogP contribution in [0.2, 0.25) is 0 Å². The van der Waals surface area contributed by atoms with Gasteiger partial charge in [0.05, 0.1) is 0 Å². The summed E-state index contributed by atoms with van der Waals surface area (Å²) >= 11 is 0. The molecule has 0 aromatic carbocycles. The van der Waals surface area contributed by atoms with Crippen LogP contribution >= 0.6 is 0 Å². The molecule has 2 heteroatoms. The van der Waals surface area contributed by atoms with Gasteiger partial charge in [0.15, 0.2) is 0 Å². The summed E-state index contributed by atoms with van der Waals surface area (Å²) in [5.41, 5.74) is 12.1. The summed E-state index contributed by atoms with van der Waals surface area (Å²) in [6, 6.07) is 0. The molecule has 0 aromatic rings. The van der Waals surface area contributed by atoms with E-state index in [0.29, 0.717) is 6.54 Å². The zero-order valence-corrected chi connectivity index (χ0v) is 11.7. The SMILES string of the molecule is CCCCCCCCCCCCC(N)=CCN. The molecule has 0 aliphatic carbocycles. The Labute approximate surface area is 108 Å². The Morgan fingerprint density at radius 1 is 0.824 bits per heavy atom. The monoisotopic (exact) mass is 240 g/mol. The molecule has 0 aliphatic heterocycles. The molecule has 0 aliphatic rings. The van der Waals surface area contributed by atoms with Gasteiger partial charge in [-0.05, 0) is 12.8 Å². The number of hydrogen-bond donors (Lipinski definition) is 2. The van der Waals surface area contributed by atoms with E-state index in [2.05, 4.69) is 6.92 Å². The van der Waals surface area contributed by atoms with Crippen molar-refractivity contribution >= 4 is 0 Å². The van der Waals surface area contributed by atoms with Crippen LogP contribution in [0.25, 0.3) is 0 Å². The van der Waals surface area contributed by atoms with Gasteiger partial charge >= 0.3 is 0 Å². The van der Waals surface area contributed by atoms with Gasteiger partial charge < -0.3 is 11.5 Å². The molecule has 0 atom stereocenters. The number of nitrogens with two attached hydrogens (primary N) is 2. The second kappa shape index (κ2) is 13.6. The Hall–Kier alpha value is -0.500. The topological polar surface area (TPSA) is 52.0 Å². The molecular formula is C15H32N2. The van der Waals surface area contributed by atoms with Crippen molar-refractivity contribution in [1.29, 1.82) is 0 Å². The Morgan fingerprint density at radius 3 is 1.76 bits per heavy atom. The first-order valence-corrected chi connectivity index (χ1v) is 7.45. The molecule has 0 spiro atoms. The molecule has 0 amide bonds. The fraction of sp³-hybridized carbons (Fsp3) is 0.867. The lowest BCUT2D eigenvalue weighted by atomic mass is 10.1. The van der Waals surface area contributed by atoms with Crippen molar-refractivity contribution in [3.8, 4) is 0 Å². The summed E-state index contributed by atoms with van der Waals surface area (Å²) in [6.45, 7) is 2.84. The first-order valence-electron chi connectivity index (χ1n) is 7.45. The average molecular weight is 240 g/mol. The summed E-state index contributed by atoms with van der Waals surface area (Å²) in [7, 11) is 0. The molecule has 0 saturated carbocycles. The zero-order chi connectivity index (χ0) is 12.8. The number of rotatable bonds is 12. The number of hydrogen-bond acceptors (Lipinski definition) is 2. The molecule has 0 aromatic heterocycles. The van der Waals surface area contributed by atoms with Gasteiger partial charge in [0.25, 0.3) is 0 Å². The maximum atomic E-state index is 5.77. The molecule has 0 bridgehead atoms. The van der Waals surface area contributed by atoms with Crippen LogP contribution in [-0.4, -0.2) is 6.54 Å². The van der Waals surface area contributed by atoms with E-state index < -0.39 is 0 Å². The third kappa shape index (κ3) is 13.4. The molecule has 0 radical (unpaired) electrons. The first-order chi connectivity index (χ1) is 8.31. The summed E-state index contributed by atoms with van der Waals surface area (Å²) in [5, 5.41) is 0. The van der Waals surface area contributed by atoms with Crippen molar-refractivity contribution in [3.05, 3.63) is 11.8 Å². The van der Waals surface area contributed by atoms with E-state index in [1.54, 1.807) is 0 Å². The van der Waals surface area contributed by atoms with E-state index in [4.69, 9.17) is 11.5 Å². The Morgan fingerprint density at radius 2 is 1.29 bits per heavy atom. The quantitative estimate of drug-likeness (QED) is 0.505. The van der Waals surface area contributed by atoms with Crippen LogP contribution in [0.5, 0.6) is 0 Å². The predicted molar refractivity (Wildman–Crippen MR) is 77.8 cm³/mol. The molecule has 0 rings (SSSR count). The second-order valence-corrected chi connectivity index (χ2v) is 4.95. The Balaban J connectivity index is 3.06. The van der Waals surface area contributed by atoms with Crippen molar-refractivity contribution < 1.29 is 0 Å². The minimum absolute atomic E-state index is 0.573. The summed E-state index contributed by atoms with van der Waals surface area (Å²) < 4.78 is 0. The van der Waals surface area contributed by atoms with Crippen LogP contribution in [0.3, 0.4) is 0 Å². The van der Waals surface area contributed by atoms with Gasteiger partial charge in [-0.3, -0.25) is 0 Å². The minimum Gasteiger partial charge on any atom is -0.402 e. The van der Waals surface area contributed by atoms with Crippen LogP contribution < -0.4 is 11.5 Å². The van der Waals surface area contributed by atoms with Crippen molar-refractivity contribution in [2.75, 3.05) is 6.54 Å². The highest BCUT2D eigenvalue weighted by Gasteiger charge is 1.94. The number of unbranched alkanes of at least 4 members (excludes halogenated alkanes) is 9. The molecule has 0 saturated heterocycles. The molecule has 0 heterocycles. The summed E-state index contributed by atoms with van der Waals surface area (Å²) in [5.74, 6) is 0. The lowest BCUT2D eigenvalue weighted by Gasteiger charge is -2.03. The fourth-order valence-electron chi connectivity index (χ4n) is 2.07. The highest BCUT2D eigenvalue weighted by molar-refractivity contribution is 4.96. The van der Waals surface area contributed by atoms with E-state index >= 15 is 0 Å². The maximum Gasteiger partial charge on any atom is 0.0126 e. The van der Waals surface area contributed by atoms with Crippen LogP contribution in [0.15, 0.2) is 11.8 Å². The van der Waals surface area contributed by atoms with E-state index in [1.165, 1.54) is 64.2 Å². The highest BCUT2D eigenvalue weighted by Crippen LogP contribution is 2.12. The van der Waals surface area contributed by atoms with Gasteiger partial charge in [0.1, 0.15) is 0 Å². The molecular weight excluding hydrogens is 208 g/mol. The maximum absolute atomic E-state index is 5.77. The lowest BCUT2D eigenvalue weighted by Crippen LogP contribution is -2.02.